The maximum Gasteiger partial charge on any atom is 0.140 e. The average Bonchev–Trinajstić information content (AvgIpc) is 2.70. The summed E-state index contributed by atoms with van der Waals surface area (Å²) in [6.07, 6.45) is 0.576. The van der Waals surface area contributed by atoms with Crippen LogP contribution in [0.2, 0.25) is 0 Å². The predicted octanol–water partition coefficient (Wildman–Crippen LogP) is 2.05. The first-order valence-corrected chi connectivity index (χ1v) is 6.99. The summed E-state index contributed by atoms with van der Waals surface area (Å²) >= 11 is 1.67. The number of oxime groups is 1. The normalized spacial score (nSPS) is 12.6. The van der Waals surface area contributed by atoms with Gasteiger partial charge in [0.2, 0.25) is 0 Å². The Bertz CT molecular complexity index is 389. The number of hydrogen-bond acceptors (Lipinski definition) is 5. The molecule has 0 spiro atoms. The number of aromatic nitrogens is 1. The van der Waals surface area contributed by atoms with Gasteiger partial charge in [-0.15, -0.1) is 11.3 Å². The van der Waals surface area contributed by atoms with Crippen LogP contribution in [0.5, 0.6) is 0 Å². The van der Waals surface area contributed by atoms with Crippen LogP contribution in [0.3, 0.4) is 0 Å². The summed E-state index contributed by atoms with van der Waals surface area (Å²) in [5, 5.41) is 14.7. The predicted molar refractivity (Wildman–Crippen MR) is 75.0 cm³/mol. The molecule has 0 bridgehead atoms. The van der Waals surface area contributed by atoms with Gasteiger partial charge in [-0.3, -0.25) is 4.90 Å². The zero-order valence-electron chi connectivity index (χ0n) is 11.3. The lowest BCUT2D eigenvalue weighted by Crippen LogP contribution is -2.31. The maximum absolute atomic E-state index is 8.56. The van der Waals surface area contributed by atoms with Crippen LogP contribution in [-0.2, 0) is 6.54 Å². The molecule has 0 radical (unpaired) electrons. The van der Waals surface area contributed by atoms with Gasteiger partial charge >= 0.3 is 0 Å². The topological polar surface area (TPSA) is 74.7 Å². The van der Waals surface area contributed by atoms with Crippen molar-refractivity contribution < 1.29 is 5.21 Å². The third-order valence-corrected chi connectivity index (χ3v) is 3.31. The Hall–Kier alpha value is -1.14. The highest BCUT2D eigenvalue weighted by atomic mass is 32.1. The van der Waals surface area contributed by atoms with Gasteiger partial charge in [0.05, 0.1) is 10.7 Å². The van der Waals surface area contributed by atoms with Gasteiger partial charge in [0.25, 0.3) is 0 Å². The maximum atomic E-state index is 8.56. The second-order valence-electron chi connectivity index (χ2n) is 4.83. The Labute approximate surface area is 112 Å². The van der Waals surface area contributed by atoms with Crippen molar-refractivity contribution in [3.8, 4) is 0 Å². The van der Waals surface area contributed by atoms with Gasteiger partial charge in [-0.25, -0.2) is 4.98 Å². The first-order valence-electron chi connectivity index (χ1n) is 6.11. The molecule has 0 aromatic carbocycles. The smallest absolute Gasteiger partial charge is 0.140 e. The van der Waals surface area contributed by atoms with E-state index in [2.05, 4.69) is 34.3 Å². The quantitative estimate of drug-likeness (QED) is 0.344. The molecule has 102 valence electrons. The van der Waals surface area contributed by atoms with Crippen LogP contribution in [0, 0.1) is 12.8 Å². The van der Waals surface area contributed by atoms with Crippen molar-refractivity contribution in [3.63, 3.8) is 0 Å². The Balaban J connectivity index is 2.55. The number of hydrogen-bond donors (Lipinski definition) is 2. The fourth-order valence-corrected chi connectivity index (χ4v) is 2.39. The Morgan fingerprint density at radius 1 is 1.61 bits per heavy atom. The largest absolute Gasteiger partial charge is 0.409 e. The van der Waals surface area contributed by atoms with Crippen molar-refractivity contribution >= 4 is 17.2 Å². The molecule has 0 aliphatic heterocycles. The molecule has 1 rings (SSSR count). The monoisotopic (exact) mass is 270 g/mol. The molecule has 1 heterocycles. The molecule has 0 fully saturated rings. The lowest BCUT2D eigenvalue weighted by molar-refractivity contribution is 0.238. The molecule has 0 saturated carbocycles. The second kappa shape index (κ2) is 7.33. The van der Waals surface area contributed by atoms with Gasteiger partial charge in [-0.05, 0) is 12.8 Å². The minimum Gasteiger partial charge on any atom is -0.409 e. The molecule has 0 saturated heterocycles. The van der Waals surface area contributed by atoms with E-state index >= 15 is 0 Å². The Morgan fingerprint density at radius 2 is 2.33 bits per heavy atom. The van der Waals surface area contributed by atoms with Crippen LogP contribution < -0.4 is 5.73 Å². The molecule has 0 aliphatic carbocycles. The first-order chi connectivity index (χ1) is 8.51. The van der Waals surface area contributed by atoms with E-state index in [1.807, 2.05) is 6.92 Å². The molecule has 0 amide bonds. The summed E-state index contributed by atoms with van der Waals surface area (Å²) in [5.41, 5.74) is 6.60. The molecular formula is C12H22N4OS. The van der Waals surface area contributed by atoms with Gasteiger partial charge < -0.3 is 10.9 Å². The van der Waals surface area contributed by atoms with E-state index in [1.165, 1.54) is 0 Å². The van der Waals surface area contributed by atoms with Crippen molar-refractivity contribution in [2.75, 3.05) is 13.1 Å². The molecule has 6 heteroatoms. The third-order valence-electron chi connectivity index (χ3n) is 2.49. The van der Waals surface area contributed by atoms with Gasteiger partial charge in [0.1, 0.15) is 5.84 Å². The molecule has 5 nitrogen and oxygen atoms in total. The third kappa shape index (κ3) is 5.46. The molecule has 1 aromatic rings. The lowest BCUT2D eigenvalue weighted by Gasteiger charge is -2.23. The van der Waals surface area contributed by atoms with Crippen LogP contribution in [0.15, 0.2) is 10.5 Å². The fourth-order valence-electron chi connectivity index (χ4n) is 1.78. The highest BCUT2D eigenvalue weighted by molar-refractivity contribution is 7.09. The van der Waals surface area contributed by atoms with Crippen molar-refractivity contribution in [3.05, 3.63) is 16.1 Å². The molecule has 3 N–H and O–H groups in total. The summed E-state index contributed by atoms with van der Waals surface area (Å²) < 4.78 is 0. The summed E-state index contributed by atoms with van der Waals surface area (Å²) in [5.74, 6) is 0.857. The highest BCUT2D eigenvalue weighted by Gasteiger charge is 2.10. The average molecular weight is 270 g/mol. The second-order valence-corrected chi connectivity index (χ2v) is 5.89. The molecule has 0 atom stereocenters. The SMILES string of the molecule is Cc1nc(CN(CCC(N)=NO)CC(C)C)cs1. The van der Waals surface area contributed by atoms with Crippen molar-refractivity contribution in [1.29, 1.82) is 0 Å². The molecular weight excluding hydrogens is 248 g/mol. The lowest BCUT2D eigenvalue weighted by atomic mass is 10.2. The van der Waals surface area contributed by atoms with Crippen LogP contribution in [0.25, 0.3) is 0 Å². The molecule has 18 heavy (non-hydrogen) atoms. The van der Waals surface area contributed by atoms with Crippen LogP contribution in [0.1, 0.15) is 31.0 Å². The number of aryl methyl sites for hydroxylation is 1. The Kier molecular flexibility index (Phi) is 6.07. The van der Waals surface area contributed by atoms with Gasteiger partial charge in [-0.2, -0.15) is 0 Å². The van der Waals surface area contributed by atoms with E-state index < -0.39 is 0 Å². The van der Waals surface area contributed by atoms with Crippen molar-refractivity contribution in [2.45, 2.75) is 33.7 Å². The molecule has 1 aromatic heterocycles. The molecule has 0 aliphatic rings. The zero-order valence-corrected chi connectivity index (χ0v) is 12.1. The zero-order chi connectivity index (χ0) is 13.5. The van der Waals surface area contributed by atoms with Gasteiger partial charge in [0.15, 0.2) is 0 Å². The Morgan fingerprint density at radius 3 is 2.83 bits per heavy atom. The summed E-state index contributed by atoms with van der Waals surface area (Å²) in [6, 6.07) is 0. The van der Waals surface area contributed by atoms with Crippen LogP contribution in [0.4, 0.5) is 0 Å². The summed E-state index contributed by atoms with van der Waals surface area (Å²) in [6.45, 7) is 8.96. The van der Waals surface area contributed by atoms with Crippen LogP contribution in [-0.4, -0.2) is 34.0 Å². The van der Waals surface area contributed by atoms with E-state index in [4.69, 9.17) is 10.9 Å². The fraction of sp³-hybridized carbons (Fsp3) is 0.667. The minimum absolute atomic E-state index is 0.276. The van der Waals surface area contributed by atoms with Crippen molar-refractivity contribution in [1.82, 2.24) is 9.88 Å². The van der Waals surface area contributed by atoms with E-state index in [9.17, 15) is 0 Å². The van der Waals surface area contributed by atoms with Crippen molar-refractivity contribution in [2.24, 2.45) is 16.8 Å². The van der Waals surface area contributed by atoms with Crippen LogP contribution >= 0.6 is 11.3 Å². The number of thiazole rings is 1. The number of amidine groups is 1. The van der Waals surface area contributed by atoms with E-state index in [-0.39, 0.29) is 5.84 Å². The van der Waals surface area contributed by atoms with Gasteiger partial charge in [-0.1, -0.05) is 19.0 Å². The van der Waals surface area contributed by atoms with E-state index in [1.54, 1.807) is 11.3 Å². The minimum atomic E-state index is 0.276. The van der Waals surface area contributed by atoms with E-state index in [0.29, 0.717) is 12.3 Å². The number of nitrogens with zero attached hydrogens (tertiary/aromatic N) is 3. The summed E-state index contributed by atoms with van der Waals surface area (Å²) in [4.78, 5) is 6.76. The summed E-state index contributed by atoms with van der Waals surface area (Å²) in [7, 11) is 0. The van der Waals surface area contributed by atoms with Gasteiger partial charge in [0, 0.05) is 31.4 Å². The number of rotatable bonds is 7. The number of nitrogens with two attached hydrogens (primary N) is 1. The standard InChI is InChI=1S/C12H22N4OS/c1-9(2)6-16(5-4-12(13)15-17)7-11-8-18-10(3)14-11/h8-9,17H,4-7H2,1-3H3,(H2,13,15). The highest BCUT2D eigenvalue weighted by Crippen LogP contribution is 2.12. The first kappa shape index (κ1) is 14.9. The van der Waals surface area contributed by atoms with E-state index in [0.717, 1.165) is 30.3 Å². The molecule has 0 unspecified atom stereocenters.